The Labute approximate surface area is 137 Å². The summed E-state index contributed by atoms with van der Waals surface area (Å²) in [7, 11) is 0. The van der Waals surface area contributed by atoms with Crippen molar-refractivity contribution in [3.63, 3.8) is 0 Å². The molecule has 2 aromatic rings. The van der Waals surface area contributed by atoms with E-state index in [0.29, 0.717) is 13.1 Å². The van der Waals surface area contributed by atoms with Crippen LogP contribution in [0.5, 0.6) is 0 Å². The summed E-state index contributed by atoms with van der Waals surface area (Å²) in [5, 5.41) is 3.15. The van der Waals surface area contributed by atoms with Gasteiger partial charge in [-0.25, -0.2) is 0 Å². The van der Waals surface area contributed by atoms with Gasteiger partial charge in [0.15, 0.2) is 0 Å². The number of hydrogen-bond acceptors (Lipinski definition) is 2. The molecule has 0 atom stereocenters. The molecule has 0 saturated carbocycles. The van der Waals surface area contributed by atoms with E-state index in [1.54, 1.807) is 6.20 Å². The lowest BCUT2D eigenvalue weighted by atomic mass is 10.1. The van der Waals surface area contributed by atoms with E-state index < -0.39 is 11.7 Å². The van der Waals surface area contributed by atoms with Gasteiger partial charge in [-0.15, -0.1) is 0 Å². The van der Waals surface area contributed by atoms with E-state index in [1.807, 2.05) is 6.07 Å². The van der Waals surface area contributed by atoms with E-state index in [4.69, 9.17) is 0 Å². The summed E-state index contributed by atoms with van der Waals surface area (Å²) in [6.45, 7) is 0.997. The first kappa shape index (κ1) is 16.5. The van der Waals surface area contributed by atoms with Gasteiger partial charge in [0.2, 0.25) is 0 Å². The number of rotatable bonds is 4. The van der Waals surface area contributed by atoms with Crippen LogP contribution in [0, 0.1) is 0 Å². The van der Waals surface area contributed by atoms with Crippen molar-refractivity contribution in [3.8, 4) is 0 Å². The standard InChI is InChI=1S/C14H11Br2F3N2/c15-11-5-12(16)13(21-7-11)8-20-6-9-1-3-10(4-2-9)14(17,18)19/h1-5,7,20H,6,8H2. The third-order valence-electron chi connectivity index (χ3n) is 2.79. The number of pyridine rings is 1. The maximum absolute atomic E-state index is 12.4. The van der Waals surface area contributed by atoms with Crippen molar-refractivity contribution in [2.45, 2.75) is 19.3 Å². The van der Waals surface area contributed by atoms with Crippen molar-refractivity contribution in [1.82, 2.24) is 10.3 Å². The molecule has 112 valence electrons. The number of benzene rings is 1. The monoisotopic (exact) mass is 422 g/mol. The molecule has 1 heterocycles. The van der Waals surface area contributed by atoms with Gasteiger partial charge in [-0.05, 0) is 55.6 Å². The fourth-order valence-electron chi connectivity index (χ4n) is 1.71. The van der Waals surface area contributed by atoms with Gasteiger partial charge in [-0.1, -0.05) is 12.1 Å². The van der Waals surface area contributed by atoms with Crippen molar-refractivity contribution < 1.29 is 13.2 Å². The van der Waals surface area contributed by atoms with Gasteiger partial charge in [0.05, 0.1) is 11.3 Å². The molecule has 0 amide bonds. The van der Waals surface area contributed by atoms with Gasteiger partial charge in [0.1, 0.15) is 0 Å². The molecule has 1 aromatic carbocycles. The summed E-state index contributed by atoms with van der Waals surface area (Å²) < 4.78 is 39.1. The SMILES string of the molecule is FC(F)(F)c1ccc(CNCc2ncc(Br)cc2Br)cc1. The molecule has 2 nitrogen and oxygen atoms in total. The molecule has 0 bridgehead atoms. The fourth-order valence-corrected chi connectivity index (χ4v) is 2.84. The Bertz CT molecular complexity index is 613. The van der Waals surface area contributed by atoms with Gasteiger partial charge < -0.3 is 5.32 Å². The summed E-state index contributed by atoms with van der Waals surface area (Å²) in [6, 6.07) is 7.01. The van der Waals surface area contributed by atoms with Crippen molar-refractivity contribution in [2.24, 2.45) is 0 Å². The highest BCUT2D eigenvalue weighted by Gasteiger charge is 2.29. The van der Waals surface area contributed by atoms with Crippen LogP contribution in [0.25, 0.3) is 0 Å². The van der Waals surface area contributed by atoms with Crippen molar-refractivity contribution in [2.75, 3.05) is 0 Å². The Morgan fingerprint density at radius 3 is 2.29 bits per heavy atom. The Hall–Kier alpha value is -0.920. The first-order chi connectivity index (χ1) is 9.86. The lowest BCUT2D eigenvalue weighted by Crippen LogP contribution is -2.14. The smallest absolute Gasteiger partial charge is 0.307 e. The molecule has 0 fully saturated rings. The third kappa shape index (κ3) is 4.79. The number of aromatic nitrogens is 1. The molecular weight excluding hydrogens is 413 g/mol. The Morgan fingerprint density at radius 2 is 1.71 bits per heavy atom. The molecule has 0 aliphatic rings. The summed E-state index contributed by atoms with van der Waals surface area (Å²) in [5.74, 6) is 0. The highest BCUT2D eigenvalue weighted by molar-refractivity contribution is 9.11. The van der Waals surface area contributed by atoms with Crippen LogP contribution in [-0.4, -0.2) is 4.98 Å². The van der Waals surface area contributed by atoms with Crippen LogP contribution in [0.3, 0.4) is 0 Å². The molecule has 1 aromatic heterocycles. The molecule has 21 heavy (non-hydrogen) atoms. The number of nitrogens with zero attached hydrogens (tertiary/aromatic N) is 1. The van der Waals surface area contributed by atoms with Crippen molar-refractivity contribution in [3.05, 3.63) is 62.3 Å². The summed E-state index contributed by atoms with van der Waals surface area (Å²) in [4.78, 5) is 4.25. The molecule has 0 unspecified atom stereocenters. The molecule has 2 rings (SSSR count). The quantitative estimate of drug-likeness (QED) is 0.755. The fraction of sp³-hybridized carbons (Fsp3) is 0.214. The Morgan fingerprint density at radius 1 is 1.05 bits per heavy atom. The molecule has 0 saturated heterocycles. The molecule has 0 spiro atoms. The predicted octanol–water partition coefficient (Wildman–Crippen LogP) is 4.92. The normalized spacial score (nSPS) is 11.7. The average molecular weight is 424 g/mol. The molecular formula is C14H11Br2F3N2. The maximum Gasteiger partial charge on any atom is 0.416 e. The largest absolute Gasteiger partial charge is 0.416 e. The number of alkyl halides is 3. The second-order valence-electron chi connectivity index (χ2n) is 4.38. The second kappa shape index (κ2) is 6.89. The van der Waals surface area contributed by atoms with Crippen LogP contribution in [-0.2, 0) is 19.3 Å². The van der Waals surface area contributed by atoms with Crippen molar-refractivity contribution in [1.29, 1.82) is 0 Å². The summed E-state index contributed by atoms with van der Waals surface area (Å²) >= 11 is 6.73. The summed E-state index contributed by atoms with van der Waals surface area (Å²) in [5.41, 5.74) is 0.991. The van der Waals surface area contributed by atoms with Crippen LogP contribution >= 0.6 is 31.9 Å². The number of hydrogen-bond donors (Lipinski definition) is 1. The zero-order valence-electron chi connectivity index (χ0n) is 10.7. The number of halogens is 5. The van der Waals surface area contributed by atoms with Gasteiger partial charge in [-0.2, -0.15) is 13.2 Å². The Balaban J connectivity index is 1.91. The van der Waals surface area contributed by atoms with Gasteiger partial charge in [0.25, 0.3) is 0 Å². The number of nitrogens with one attached hydrogen (secondary N) is 1. The average Bonchev–Trinajstić information content (AvgIpc) is 2.41. The predicted molar refractivity (Wildman–Crippen MR) is 81.6 cm³/mol. The van der Waals surface area contributed by atoms with Gasteiger partial charge in [-0.3, -0.25) is 4.98 Å². The maximum atomic E-state index is 12.4. The van der Waals surface area contributed by atoms with Gasteiger partial charge >= 0.3 is 6.18 Å². The van der Waals surface area contributed by atoms with Crippen LogP contribution < -0.4 is 5.32 Å². The molecule has 0 aliphatic carbocycles. The zero-order chi connectivity index (χ0) is 15.5. The van der Waals surface area contributed by atoms with E-state index in [-0.39, 0.29) is 0 Å². The van der Waals surface area contributed by atoms with Crippen molar-refractivity contribution >= 4 is 31.9 Å². The topological polar surface area (TPSA) is 24.9 Å². The van der Waals surface area contributed by atoms with Crippen LogP contribution in [0.15, 0.2) is 45.5 Å². The van der Waals surface area contributed by atoms with Crippen LogP contribution in [0.1, 0.15) is 16.8 Å². The molecule has 0 radical (unpaired) electrons. The first-order valence-corrected chi connectivity index (χ1v) is 7.61. The van der Waals surface area contributed by atoms with E-state index in [9.17, 15) is 13.2 Å². The first-order valence-electron chi connectivity index (χ1n) is 6.03. The van der Waals surface area contributed by atoms with Crippen LogP contribution in [0.2, 0.25) is 0 Å². The third-order valence-corrected chi connectivity index (χ3v) is 3.91. The highest BCUT2D eigenvalue weighted by Crippen LogP contribution is 2.29. The lowest BCUT2D eigenvalue weighted by Gasteiger charge is -2.09. The highest BCUT2D eigenvalue weighted by atomic mass is 79.9. The minimum Gasteiger partial charge on any atom is -0.307 e. The van der Waals surface area contributed by atoms with Gasteiger partial charge in [0, 0.05) is 28.2 Å². The van der Waals surface area contributed by atoms with Crippen LogP contribution in [0.4, 0.5) is 13.2 Å². The lowest BCUT2D eigenvalue weighted by molar-refractivity contribution is -0.137. The molecule has 0 aliphatic heterocycles. The molecule has 7 heteroatoms. The summed E-state index contributed by atoms with van der Waals surface area (Å²) in [6.07, 6.45) is -2.60. The van der Waals surface area contributed by atoms with E-state index in [0.717, 1.165) is 32.3 Å². The minimum atomic E-state index is -4.29. The molecule has 1 N–H and O–H groups in total. The zero-order valence-corrected chi connectivity index (χ0v) is 13.9. The second-order valence-corrected chi connectivity index (χ2v) is 6.15. The minimum absolute atomic E-state index is 0.475. The van der Waals surface area contributed by atoms with E-state index >= 15 is 0 Å². The van der Waals surface area contributed by atoms with E-state index in [2.05, 4.69) is 42.2 Å². The van der Waals surface area contributed by atoms with E-state index in [1.165, 1.54) is 12.1 Å². The Kier molecular flexibility index (Phi) is 5.40.